The number of rotatable bonds is 0. The Morgan fingerprint density at radius 2 is 1.94 bits per heavy atom. The summed E-state index contributed by atoms with van der Waals surface area (Å²) < 4.78 is 46.0. The van der Waals surface area contributed by atoms with Crippen molar-refractivity contribution >= 4 is 11.8 Å². The van der Waals surface area contributed by atoms with Gasteiger partial charge >= 0.3 is 0 Å². The normalized spacial score (nSPS) is 33.3. The van der Waals surface area contributed by atoms with Crippen LogP contribution < -0.4 is 10.1 Å². The summed E-state index contributed by atoms with van der Waals surface area (Å²) in [4.78, 5) is 26.9. The van der Waals surface area contributed by atoms with Crippen LogP contribution in [0.4, 0.5) is 8.78 Å². The van der Waals surface area contributed by atoms with Crippen LogP contribution in [0.25, 0.3) is 0 Å². The maximum absolute atomic E-state index is 14.6. The van der Waals surface area contributed by atoms with Crippen LogP contribution >= 0.6 is 0 Å². The fourth-order valence-corrected chi connectivity index (χ4v) is 5.67. The van der Waals surface area contributed by atoms with Gasteiger partial charge in [-0.15, -0.1) is 0 Å². The average molecular weight is 450 g/mol. The Kier molecular flexibility index (Phi) is 5.79. The molecule has 1 aromatic carbocycles. The van der Waals surface area contributed by atoms with Crippen molar-refractivity contribution in [3.05, 3.63) is 29.3 Å². The van der Waals surface area contributed by atoms with E-state index >= 15 is 0 Å². The Labute approximate surface area is 185 Å². The molecule has 4 aliphatic heterocycles. The lowest BCUT2D eigenvalue weighted by Crippen LogP contribution is -2.65. The van der Waals surface area contributed by atoms with Gasteiger partial charge in [0.25, 0.3) is 0 Å². The number of fused-ring (bicyclic) bond motifs is 6. The summed E-state index contributed by atoms with van der Waals surface area (Å²) in [5.41, 5.74) is -0.123. The molecule has 2 atom stereocenters. The molecular weight excluding hydrogens is 422 g/mol. The van der Waals surface area contributed by atoms with E-state index in [-0.39, 0.29) is 55.3 Å². The average Bonchev–Trinajstić information content (AvgIpc) is 3.10. The first kappa shape index (κ1) is 21.6. The van der Waals surface area contributed by atoms with Crippen LogP contribution in [0.5, 0.6) is 5.75 Å². The zero-order valence-electron chi connectivity index (χ0n) is 17.9. The lowest BCUT2D eigenvalue weighted by atomic mass is 9.82. The lowest BCUT2D eigenvalue weighted by molar-refractivity contribution is -0.143. The minimum Gasteiger partial charge on any atom is -0.490 e. The number of carbonyl (C=O) groups excluding carboxylic acids is 2. The third-order valence-electron chi connectivity index (χ3n) is 7.32. The third kappa shape index (κ3) is 3.96. The smallest absolute Gasteiger partial charge is 0.246 e. The molecule has 9 heteroatoms. The van der Waals surface area contributed by atoms with Gasteiger partial charge in [0.05, 0.1) is 43.9 Å². The number of carbonyl (C=O) groups is 2. The van der Waals surface area contributed by atoms with Crippen molar-refractivity contribution in [3.8, 4) is 5.75 Å². The second-order valence-electron chi connectivity index (χ2n) is 9.26. The molecule has 7 nitrogen and oxygen atoms in total. The van der Waals surface area contributed by atoms with Crippen LogP contribution in [0.15, 0.2) is 12.1 Å². The fourth-order valence-electron chi connectivity index (χ4n) is 5.67. The molecule has 1 saturated carbocycles. The van der Waals surface area contributed by atoms with Crippen LogP contribution in [0, 0.1) is 11.6 Å². The molecule has 3 fully saturated rings. The number of ether oxygens (including phenoxy) is 3. The number of hydrogen-bond donors (Lipinski definition) is 1. The summed E-state index contributed by atoms with van der Waals surface area (Å²) in [6.45, 7) is 1.13. The fraction of sp³-hybridized carbons (Fsp3) is 0.652. The van der Waals surface area contributed by atoms with Crippen molar-refractivity contribution in [2.24, 2.45) is 0 Å². The first-order chi connectivity index (χ1) is 15.4. The molecule has 174 valence electrons. The van der Waals surface area contributed by atoms with E-state index in [9.17, 15) is 18.4 Å². The zero-order valence-corrected chi connectivity index (χ0v) is 17.9. The summed E-state index contributed by atoms with van der Waals surface area (Å²) in [5.74, 6) is -1.67. The van der Waals surface area contributed by atoms with Gasteiger partial charge < -0.3 is 24.4 Å². The Morgan fingerprint density at radius 1 is 1.12 bits per heavy atom. The molecule has 2 amide bonds. The van der Waals surface area contributed by atoms with Gasteiger partial charge in [-0.25, -0.2) is 8.78 Å². The van der Waals surface area contributed by atoms with Crippen molar-refractivity contribution < 1.29 is 32.6 Å². The molecule has 32 heavy (non-hydrogen) atoms. The maximum Gasteiger partial charge on any atom is 0.246 e. The Morgan fingerprint density at radius 3 is 2.72 bits per heavy atom. The number of benzene rings is 1. The van der Waals surface area contributed by atoms with Crippen LogP contribution in [0.2, 0.25) is 0 Å². The molecule has 2 bridgehead atoms. The number of hydrogen-bond acceptors (Lipinski definition) is 5. The molecule has 1 spiro atoms. The van der Waals surface area contributed by atoms with Gasteiger partial charge in [0.1, 0.15) is 12.4 Å². The van der Waals surface area contributed by atoms with E-state index in [1.54, 1.807) is 4.90 Å². The molecule has 6 rings (SSSR count). The van der Waals surface area contributed by atoms with Crippen molar-refractivity contribution in [3.63, 3.8) is 0 Å². The highest BCUT2D eigenvalue weighted by Crippen LogP contribution is 2.41. The molecule has 0 radical (unpaired) electrons. The molecule has 1 aliphatic carbocycles. The number of amides is 2. The Bertz CT molecular complexity index is 905. The van der Waals surface area contributed by atoms with Gasteiger partial charge in [0.15, 0.2) is 11.6 Å². The van der Waals surface area contributed by atoms with E-state index in [1.165, 1.54) is 6.07 Å². The third-order valence-corrected chi connectivity index (χ3v) is 7.32. The minimum atomic E-state index is -0.738. The van der Waals surface area contributed by atoms with Gasteiger partial charge in [0, 0.05) is 18.2 Å². The van der Waals surface area contributed by atoms with Crippen molar-refractivity contribution in [2.75, 3.05) is 33.0 Å². The van der Waals surface area contributed by atoms with Gasteiger partial charge in [-0.2, -0.15) is 0 Å². The highest BCUT2D eigenvalue weighted by molar-refractivity contribution is 5.80. The van der Waals surface area contributed by atoms with Crippen LogP contribution in [-0.2, 0) is 19.1 Å². The van der Waals surface area contributed by atoms with E-state index in [1.807, 2.05) is 0 Å². The lowest BCUT2D eigenvalue weighted by Gasteiger charge is -2.41. The SMILES string of the molecule is O=C1COCC2(CCN3C(=O)CCOc4c(F)cc(F)cc4[C@H]4CC[C@H](CC4)OCC32)N1. The summed E-state index contributed by atoms with van der Waals surface area (Å²) in [7, 11) is 0. The summed E-state index contributed by atoms with van der Waals surface area (Å²) >= 11 is 0. The minimum absolute atomic E-state index is 0.00761. The largest absolute Gasteiger partial charge is 0.490 e. The van der Waals surface area contributed by atoms with Gasteiger partial charge in [0.2, 0.25) is 11.8 Å². The summed E-state index contributed by atoms with van der Waals surface area (Å²) in [6.07, 6.45) is 3.60. The quantitative estimate of drug-likeness (QED) is 0.656. The predicted octanol–water partition coefficient (Wildman–Crippen LogP) is 2.28. The molecule has 1 aromatic rings. The number of nitrogens with zero attached hydrogens (tertiary/aromatic N) is 1. The topological polar surface area (TPSA) is 77.1 Å². The van der Waals surface area contributed by atoms with Gasteiger partial charge in [-0.1, -0.05) is 0 Å². The van der Waals surface area contributed by atoms with Gasteiger partial charge in [-0.05, 0) is 44.1 Å². The Hall–Kier alpha value is -2.26. The molecule has 0 aromatic heterocycles. The van der Waals surface area contributed by atoms with E-state index in [4.69, 9.17) is 14.2 Å². The van der Waals surface area contributed by atoms with E-state index in [2.05, 4.69) is 5.32 Å². The molecule has 1 N–H and O–H groups in total. The number of nitrogens with one attached hydrogen (secondary N) is 1. The highest BCUT2D eigenvalue weighted by Gasteiger charge is 2.52. The maximum atomic E-state index is 14.6. The molecule has 2 saturated heterocycles. The first-order valence-corrected chi connectivity index (χ1v) is 11.4. The molecule has 5 aliphatic rings. The van der Waals surface area contributed by atoms with Crippen molar-refractivity contribution in [2.45, 2.75) is 62.1 Å². The molecule has 2 unspecified atom stereocenters. The zero-order chi connectivity index (χ0) is 22.3. The van der Waals surface area contributed by atoms with Crippen LogP contribution in [-0.4, -0.2) is 67.4 Å². The van der Waals surface area contributed by atoms with Crippen LogP contribution in [0.1, 0.15) is 50.0 Å². The first-order valence-electron chi connectivity index (χ1n) is 11.4. The second-order valence-corrected chi connectivity index (χ2v) is 9.26. The number of halogens is 2. The van der Waals surface area contributed by atoms with Crippen LogP contribution in [0.3, 0.4) is 0 Å². The van der Waals surface area contributed by atoms with E-state index in [0.717, 1.165) is 31.7 Å². The summed E-state index contributed by atoms with van der Waals surface area (Å²) in [6, 6.07) is 1.84. The standard InChI is InChI=1S/C23H28F2N2O5/c24-15-9-17-14-1-3-16(4-2-14)32-11-19-23(13-30-12-20(28)26-23)6-7-27(19)21(29)5-8-31-22(17)18(25)10-15/h9-10,14,16,19H,1-8,11-13H2,(H,26,28)/t14-,16+,19?,23?. The van der Waals surface area contributed by atoms with E-state index < -0.39 is 17.2 Å². The predicted molar refractivity (Wildman–Crippen MR) is 109 cm³/mol. The molecule has 4 heterocycles. The highest BCUT2D eigenvalue weighted by atomic mass is 19.1. The van der Waals surface area contributed by atoms with E-state index in [0.29, 0.717) is 31.7 Å². The van der Waals surface area contributed by atoms with Crippen molar-refractivity contribution in [1.82, 2.24) is 10.2 Å². The summed E-state index contributed by atoms with van der Waals surface area (Å²) in [5, 5.41) is 3.06. The van der Waals surface area contributed by atoms with Crippen molar-refractivity contribution in [1.29, 1.82) is 0 Å². The number of morpholine rings is 1. The van der Waals surface area contributed by atoms with Gasteiger partial charge in [-0.3, -0.25) is 9.59 Å². The molecular formula is C23H28F2N2O5. The monoisotopic (exact) mass is 450 g/mol. The Balaban J connectivity index is 1.42. The second kappa shape index (κ2) is 8.59.